The van der Waals surface area contributed by atoms with Gasteiger partial charge in [-0.3, -0.25) is 4.79 Å². The fraction of sp³-hybridized carbons (Fsp3) is 0.0385. The molecule has 1 N–H and O–H groups in total. The first-order chi connectivity index (χ1) is 15.1. The van der Waals surface area contributed by atoms with Gasteiger partial charge in [0.25, 0.3) is 5.91 Å². The molecule has 5 heteroatoms. The lowest BCUT2D eigenvalue weighted by molar-refractivity contribution is 0.102. The van der Waals surface area contributed by atoms with E-state index in [1.54, 1.807) is 18.2 Å². The summed E-state index contributed by atoms with van der Waals surface area (Å²) in [6.07, 6.45) is 0. The summed E-state index contributed by atoms with van der Waals surface area (Å²) in [4.78, 5) is 12.5. The van der Waals surface area contributed by atoms with Crippen molar-refractivity contribution in [3.63, 3.8) is 0 Å². The first-order valence-corrected chi connectivity index (χ1v) is 10.5. The largest absolute Gasteiger partial charge is 0.488 e. The van der Waals surface area contributed by atoms with Crippen molar-refractivity contribution in [2.45, 2.75) is 6.61 Å². The highest BCUT2D eigenvalue weighted by Gasteiger charge is 2.12. The Kier molecular flexibility index (Phi) is 6.56. The zero-order chi connectivity index (χ0) is 21.6. The lowest BCUT2D eigenvalue weighted by Crippen LogP contribution is -2.12. The van der Waals surface area contributed by atoms with Crippen LogP contribution >= 0.6 is 23.2 Å². The molecule has 0 unspecified atom stereocenters. The Bertz CT molecular complexity index is 1190. The molecule has 4 aromatic carbocycles. The summed E-state index contributed by atoms with van der Waals surface area (Å²) in [7, 11) is 0. The molecule has 0 aliphatic carbocycles. The molecule has 0 radical (unpaired) electrons. The molecule has 0 saturated carbocycles. The van der Waals surface area contributed by atoms with Crippen molar-refractivity contribution >= 4 is 34.8 Å². The van der Waals surface area contributed by atoms with Crippen LogP contribution in [-0.2, 0) is 6.61 Å². The lowest BCUT2D eigenvalue weighted by atomic mass is 10.0. The van der Waals surface area contributed by atoms with Crippen LogP contribution in [0, 0.1) is 0 Å². The van der Waals surface area contributed by atoms with E-state index in [1.165, 1.54) is 0 Å². The molecule has 4 aromatic rings. The summed E-state index contributed by atoms with van der Waals surface area (Å²) >= 11 is 12.0. The van der Waals surface area contributed by atoms with Crippen LogP contribution in [0.25, 0.3) is 11.1 Å². The second-order valence-corrected chi connectivity index (χ2v) is 7.77. The van der Waals surface area contributed by atoms with E-state index >= 15 is 0 Å². The molecule has 0 aromatic heterocycles. The average Bonchev–Trinajstić information content (AvgIpc) is 2.79. The van der Waals surface area contributed by atoms with Gasteiger partial charge >= 0.3 is 0 Å². The SMILES string of the molecule is O=C(Nc1ccc(-c2ccccc2OCc2ccccc2)cc1)c1ccc(Cl)cc1Cl. The average molecular weight is 448 g/mol. The predicted octanol–water partition coefficient (Wildman–Crippen LogP) is 7.49. The van der Waals surface area contributed by atoms with Crippen molar-refractivity contribution in [1.29, 1.82) is 0 Å². The van der Waals surface area contributed by atoms with Crippen molar-refractivity contribution in [2.75, 3.05) is 5.32 Å². The Hall–Kier alpha value is -3.27. The Morgan fingerprint density at radius 1 is 0.806 bits per heavy atom. The number of carbonyl (C=O) groups is 1. The van der Waals surface area contributed by atoms with Gasteiger partial charge in [0, 0.05) is 16.3 Å². The maximum Gasteiger partial charge on any atom is 0.257 e. The molecule has 0 saturated heterocycles. The number of nitrogens with one attached hydrogen (secondary N) is 1. The van der Waals surface area contributed by atoms with Crippen molar-refractivity contribution < 1.29 is 9.53 Å². The standard InChI is InChI=1S/C26H19Cl2NO2/c27-20-12-15-23(24(28)16-20)26(30)29-21-13-10-19(11-14-21)22-8-4-5-9-25(22)31-17-18-6-2-1-3-7-18/h1-16H,17H2,(H,29,30). The number of hydrogen-bond acceptors (Lipinski definition) is 2. The monoisotopic (exact) mass is 447 g/mol. The van der Waals surface area contributed by atoms with Gasteiger partial charge in [0.1, 0.15) is 12.4 Å². The summed E-state index contributed by atoms with van der Waals surface area (Å²) in [5.74, 6) is 0.511. The van der Waals surface area contributed by atoms with Gasteiger partial charge in [0.2, 0.25) is 0 Å². The van der Waals surface area contributed by atoms with Crippen LogP contribution < -0.4 is 10.1 Å². The maximum atomic E-state index is 12.5. The summed E-state index contributed by atoms with van der Waals surface area (Å²) in [6, 6.07) is 30.3. The number of halogens is 2. The highest BCUT2D eigenvalue weighted by atomic mass is 35.5. The molecule has 0 aliphatic rings. The third-order valence-electron chi connectivity index (χ3n) is 4.75. The van der Waals surface area contributed by atoms with Crippen LogP contribution in [0.2, 0.25) is 10.0 Å². The topological polar surface area (TPSA) is 38.3 Å². The summed E-state index contributed by atoms with van der Waals surface area (Å²) in [6.45, 7) is 0.494. The van der Waals surface area contributed by atoms with Gasteiger partial charge in [-0.05, 0) is 47.5 Å². The van der Waals surface area contributed by atoms with Crippen molar-refractivity contribution in [2.24, 2.45) is 0 Å². The highest BCUT2D eigenvalue weighted by Crippen LogP contribution is 2.31. The van der Waals surface area contributed by atoms with E-state index in [-0.39, 0.29) is 5.91 Å². The summed E-state index contributed by atoms with van der Waals surface area (Å²) < 4.78 is 6.06. The number of rotatable bonds is 6. The third kappa shape index (κ3) is 5.26. The van der Waals surface area contributed by atoms with Gasteiger partial charge in [0.05, 0.1) is 10.6 Å². The Labute approximate surface area is 191 Å². The molecule has 0 fully saturated rings. The zero-order valence-corrected chi connectivity index (χ0v) is 18.0. The summed E-state index contributed by atoms with van der Waals surface area (Å²) in [5, 5.41) is 3.66. The Morgan fingerprint density at radius 2 is 1.52 bits per heavy atom. The minimum atomic E-state index is -0.291. The first kappa shape index (κ1) is 21.0. The van der Waals surface area contributed by atoms with Crippen LogP contribution in [0.4, 0.5) is 5.69 Å². The van der Waals surface area contributed by atoms with E-state index < -0.39 is 0 Å². The number of para-hydroxylation sites is 1. The van der Waals surface area contributed by atoms with E-state index in [4.69, 9.17) is 27.9 Å². The second-order valence-electron chi connectivity index (χ2n) is 6.93. The summed E-state index contributed by atoms with van der Waals surface area (Å²) in [5.41, 5.74) is 4.12. The van der Waals surface area contributed by atoms with Crippen molar-refractivity contribution in [3.8, 4) is 16.9 Å². The van der Waals surface area contributed by atoms with Crippen LogP contribution in [0.15, 0.2) is 97.1 Å². The smallest absolute Gasteiger partial charge is 0.257 e. The third-order valence-corrected chi connectivity index (χ3v) is 5.30. The van der Waals surface area contributed by atoms with Gasteiger partial charge in [-0.1, -0.05) is 83.9 Å². The normalized spacial score (nSPS) is 10.5. The molecule has 3 nitrogen and oxygen atoms in total. The molecule has 31 heavy (non-hydrogen) atoms. The molecule has 0 spiro atoms. The predicted molar refractivity (Wildman–Crippen MR) is 127 cm³/mol. The van der Waals surface area contributed by atoms with E-state index in [0.29, 0.717) is 27.9 Å². The number of ether oxygens (including phenoxy) is 1. The molecule has 4 rings (SSSR count). The molecule has 154 valence electrons. The Morgan fingerprint density at radius 3 is 2.26 bits per heavy atom. The van der Waals surface area contributed by atoms with Gasteiger partial charge in [-0.2, -0.15) is 0 Å². The van der Waals surface area contributed by atoms with E-state index in [9.17, 15) is 4.79 Å². The minimum absolute atomic E-state index is 0.291. The Balaban J connectivity index is 1.49. The van der Waals surface area contributed by atoms with Crippen molar-refractivity contribution in [1.82, 2.24) is 0 Å². The molecular formula is C26H19Cl2NO2. The van der Waals surface area contributed by atoms with Gasteiger partial charge in [-0.15, -0.1) is 0 Å². The molecule has 0 atom stereocenters. The van der Waals surface area contributed by atoms with Crippen LogP contribution in [0.3, 0.4) is 0 Å². The van der Waals surface area contributed by atoms with E-state index in [1.807, 2.05) is 78.9 Å². The van der Waals surface area contributed by atoms with E-state index in [0.717, 1.165) is 22.4 Å². The van der Waals surface area contributed by atoms with Gasteiger partial charge in [0.15, 0.2) is 0 Å². The number of carbonyl (C=O) groups excluding carboxylic acids is 1. The highest BCUT2D eigenvalue weighted by molar-refractivity contribution is 6.37. The molecule has 0 bridgehead atoms. The number of benzene rings is 4. The molecule has 0 aliphatic heterocycles. The molecular weight excluding hydrogens is 429 g/mol. The minimum Gasteiger partial charge on any atom is -0.488 e. The van der Waals surface area contributed by atoms with Crippen LogP contribution in [0.1, 0.15) is 15.9 Å². The van der Waals surface area contributed by atoms with Crippen LogP contribution in [0.5, 0.6) is 5.75 Å². The second kappa shape index (κ2) is 9.69. The number of hydrogen-bond donors (Lipinski definition) is 1. The first-order valence-electron chi connectivity index (χ1n) is 9.73. The number of anilines is 1. The van der Waals surface area contributed by atoms with Gasteiger partial charge in [-0.25, -0.2) is 0 Å². The quantitative estimate of drug-likeness (QED) is 0.332. The number of amides is 1. The lowest BCUT2D eigenvalue weighted by Gasteiger charge is -2.13. The molecule has 0 heterocycles. The zero-order valence-electron chi connectivity index (χ0n) is 16.5. The fourth-order valence-electron chi connectivity index (χ4n) is 3.17. The fourth-order valence-corrected chi connectivity index (χ4v) is 3.67. The van der Waals surface area contributed by atoms with Crippen LogP contribution in [-0.4, -0.2) is 5.91 Å². The van der Waals surface area contributed by atoms with Gasteiger partial charge < -0.3 is 10.1 Å². The molecule has 1 amide bonds. The van der Waals surface area contributed by atoms with Crippen molar-refractivity contribution in [3.05, 3.63) is 118 Å². The maximum absolute atomic E-state index is 12.5. The van der Waals surface area contributed by atoms with E-state index in [2.05, 4.69) is 5.32 Å².